The van der Waals surface area contributed by atoms with E-state index in [4.69, 9.17) is 0 Å². The van der Waals surface area contributed by atoms with Crippen molar-refractivity contribution in [2.75, 3.05) is 10.6 Å². The number of fused-ring (bicyclic) bond motifs is 2. The maximum Gasteiger partial charge on any atom is 0.227 e. The van der Waals surface area contributed by atoms with E-state index >= 15 is 0 Å². The van der Waals surface area contributed by atoms with Gasteiger partial charge in [-0.05, 0) is 42.7 Å². The van der Waals surface area contributed by atoms with Crippen molar-refractivity contribution in [3.8, 4) is 0 Å². The molecular weight excluding hydrogens is 316 g/mol. The van der Waals surface area contributed by atoms with Gasteiger partial charge in [0.25, 0.3) is 0 Å². The molecule has 0 saturated carbocycles. The second-order valence-corrected chi connectivity index (χ2v) is 6.31. The van der Waals surface area contributed by atoms with E-state index in [0.717, 1.165) is 27.8 Å². The van der Waals surface area contributed by atoms with Gasteiger partial charge in [-0.25, -0.2) is 0 Å². The van der Waals surface area contributed by atoms with Gasteiger partial charge in [0.15, 0.2) is 0 Å². The number of anilines is 2. The van der Waals surface area contributed by atoms with Crippen molar-refractivity contribution in [2.45, 2.75) is 19.3 Å². The van der Waals surface area contributed by atoms with E-state index in [1.54, 1.807) is 6.20 Å². The number of benzene rings is 2. The van der Waals surface area contributed by atoms with Gasteiger partial charge in [-0.1, -0.05) is 18.2 Å². The summed E-state index contributed by atoms with van der Waals surface area (Å²) in [4.78, 5) is 24.4. The van der Waals surface area contributed by atoms with Crippen molar-refractivity contribution < 1.29 is 9.59 Å². The zero-order chi connectivity index (χ0) is 17.2. The van der Waals surface area contributed by atoms with Crippen LogP contribution in [0.3, 0.4) is 0 Å². The number of hydrogen-bond donors (Lipinski definition) is 3. The molecule has 25 heavy (non-hydrogen) atoms. The molecule has 3 N–H and O–H groups in total. The Kier molecular flexibility index (Phi) is 3.93. The van der Waals surface area contributed by atoms with Crippen LogP contribution in [0.5, 0.6) is 0 Å². The molecule has 0 bridgehead atoms. The largest absolute Gasteiger partial charge is 0.326 e. The van der Waals surface area contributed by atoms with Crippen molar-refractivity contribution in [3.63, 3.8) is 0 Å². The monoisotopic (exact) mass is 334 g/mol. The first-order valence-corrected chi connectivity index (χ1v) is 8.31. The minimum atomic E-state index is -0.171. The number of aromatic nitrogens is 2. The molecule has 126 valence electrons. The lowest BCUT2D eigenvalue weighted by Crippen LogP contribution is -2.30. The summed E-state index contributed by atoms with van der Waals surface area (Å²) in [5.74, 6) is -0.272. The quantitative estimate of drug-likeness (QED) is 0.685. The standard InChI is InChI=1S/C19H18N4O2/c24-18(21-15-7-5-14-11-20-23-17(14)10-15)8-6-13-9-12-3-1-2-4-16(12)22-19(13)25/h1-5,7,10-11,13H,6,8-9H2,(H,20,23)(H,21,24)(H,22,25)/t13-/m0/s1. The molecule has 0 unspecified atom stereocenters. The fraction of sp³-hybridized carbons (Fsp3) is 0.211. The topological polar surface area (TPSA) is 86.9 Å². The number of carbonyl (C=O) groups is 2. The maximum absolute atomic E-state index is 12.2. The van der Waals surface area contributed by atoms with Gasteiger partial charge in [-0.15, -0.1) is 0 Å². The summed E-state index contributed by atoms with van der Waals surface area (Å²) in [7, 11) is 0. The highest BCUT2D eigenvalue weighted by atomic mass is 16.2. The molecule has 1 aliphatic heterocycles. The summed E-state index contributed by atoms with van der Waals surface area (Å²) in [6, 6.07) is 13.4. The van der Waals surface area contributed by atoms with Crippen LogP contribution in [0.1, 0.15) is 18.4 Å². The van der Waals surface area contributed by atoms with Gasteiger partial charge >= 0.3 is 0 Å². The van der Waals surface area contributed by atoms with Gasteiger partial charge in [0.1, 0.15) is 0 Å². The first-order valence-electron chi connectivity index (χ1n) is 8.31. The van der Waals surface area contributed by atoms with Crippen LogP contribution in [-0.4, -0.2) is 22.0 Å². The zero-order valence-corrected chi connectivity index (χ0v) is 13.6. The molecule has 3 aromatic rings. The SMILES string of the molecule is O=C(CC[C@H]1Cc2ccccc2NC1=O)Nc1ccc2cn[nH]c2c1. The number of rotatable bonds is 4. The lowest BCUT2D eigenvalue weighted by Gasteiger charge is -2.24. The number of H-pyrrole nitrogens is 1. The molecule has 4 rings (SSSR count). The predicted octanol–water partition coefficient (Wildman–Crippen LogP) is 3.09. The highest BCUT2D eigenvalue weighted by Gasteiger charge is 2.26. The Bertz CT molecular complexity index is 947. The average molecular weight is 334 g/mol. The van der Waals surface area contributed by atoms with E-state index < -0.39 is 0 Å². The number of hydrogen-bond acceptors (Lipinski definition) is 3. The molecule has 6 nitrogen and oxygen atoms in total. The summed E-state index contributed by atoms with van der Waals surface area (Å²) in [5.41, 5.74) is 3.60. The third kappa shape index (κ3) is 3.24. The van der Waals surface area contributed by atoms with Gasteiger partial charge in [0, 0.05) is 29.1 Å². The molecule has 0 radical (unpaired) electrons. The normalized spacial score (nSPS) is 16.3. The van der Waals surface area contributed by atoms with Crippen molar-refractivity contribution in [1.82, 2.24) is 10.2 Å². The number of nitrogens with one attached hydrogen (secondary N) is 3. The summed E-state index contributed by atoms with van der Waals surface area (Å²) in [6.07, 6.45) is 3.25. The van der Waals surface area contributed by atoms with Crippen LogP contribution >= 0.6 is 0 Å². The maximum atomic E-state index is 12.2. The minimum absolute atomic E-state index is 0.00891. The number of carbonyl (C=O) groups excluding carboxylic acids is 2. The Hall–Kier alpha value is -3.15. The summed E-state index contributed by atoms with van der Waals surface area (Å²) in [6.45, 7) is 0. The molecule has 1 aliphatic rings. The molecule has 2 heterocycles. The molecular formula is C19H18N4O2. The third-order valence-corrected chi connectivity index (χ3v) is 4.56. The Morgan fingerprint density at radius 3 is 3.04 bits per heavy atom. The Morgan fingerprint density at radius 1 is 1.24 bits per heavy atom. The van der Waals surface area contributed by atoms with E-state index in [1.807, 2.05) is 42.5 Å². The number of aromatic amines is 1. The lowest BCUT2D eigenvalue weighted by atomic mass is 9.89. The summed E-state index contributed by atoms with van der Waals surface area (Å²) >= 11 is 0. The first kappa shape index (κ1) is 15.4. The number of amides is 2. The van der Waals surface area contributed by atoms with Crippen LogP contribution in [0.15, 0.2) is 48.7 Å². The zero-order valence-electron chi connectivity index (χ0n) is 13.6. The third-order valence-electron chi connectivity index (χ3n) is 4.56. The second-order valence-electron chi connectivity index (χ2n) is 6.31. The molecule has 2 aromatic carbocycles. The van der Waals surface area contributed by atoms with Crippen LogP contribution in [0.2, 0.25) is 0 Å². The minimum Gasteiger partial charge on any atom is -0.326 e. The molecule has 0 fully saturated rings. The molecule has 1 aromatic heterocycles. The van der Waals surface area contributed by atoms with Crippen LogP contribution in [0.4, 0.5) is 11.4 Å². The first-order chi connectivity index (χ1) is 12.2. The average Bonchev–Trinajstić information content (AvgIpc) is 3.07. The van der Waals surface area contributed by atoms with Crippen LogP contribution in [-0.2, 0) is 16.0 Å². The predicted molar refractivity (Wildman–Crippen MR) is 96.2 cm³/mol. The molecule has 6 heteroatoms. The van der Waals surface area contributed by atoms with Crippen LogP contribution in [0.25, 0.3) is 10.9 Å². The molecule has 2 amide bonds. The number of para-hydroxylation sites is 1. The van der Waals surface area contributed by atoms with Crippen molar-refractivity contribution in [1.29, 1.82) is 0 Å². The van der Waals surface area contributed by atoms with Gasteiger partial charge in [-0.3, -0.25) is 14.7 Å². The van der Waals surface area contributed by atoms with Crippen molar-refractivity contribution >= 4 is 34.1 Å². The lowest BCUT2D eigenvalue weighted by molar-refractivity contribution is -0.121. The van der Waals surface area contributed by atoms with Gasteiger partial charge in [0.2, 0.25) is 11.8 Å². The van der Waals surface area contributed by atoms with Gasteiger partial charge in [-0.2, -0.15) is 5.10 Å². The van der Waals surface area contributed by atoms with Gasteiger partial charge in [0.05, 0.1) is 11.7 Å². The Morgan fingerprint density at radius 2 is 2.12 bits per heavy atom. The van der Waals surface area contributed by atoms with Gasteiger partial charge < -0.3 is 10.6 Å². The summed E-state index contributed by atoms with van der Waals surface area (Å²) in [5, 5.41) is 13.6. The van der Waals surface area contributed by atoms with E-state index in [9.17, 15) is 9.59 Å². The summed E-state index contributed by atoms with van der Waals surface area (Å²) < 4.78 is 0. The fourth-order valence-corrected chi connectivity index (χ4v) is 3.19. The molecule has 0 spiro atoms. The molecule has 0 aliphatic carbocycles. The number of nitrogens with zero attached hydrogens (tertiary/aromatic N) is 1. The smallest absolute Gasteiger partial charge is 0.227 e. The van der Waals surface area contributed by atoms with E-state index in [-0.39, 0.29) is 17.7 Å². The van der Waals surface area contributed by atoms with Crippen LogP contribution in [0, 0.1) is 5.92 Å². The van der Waals surface area contributed by atoms with Crippen molar-refractivity contribution in [3.05, 3.63) is 54.2 Å². The fourth-order valence-electron chi connectivity index (χ4n) is 3.19. The van der Waals surface area contributed by atoms with E-state index in [0.29, 0.717) is 19.3 Å². The second kappa shape index (κ2) is 6.39. The van der Waals surface area contributed by atoms with Crippen LogP contribution < -0.4 is 10.6 Å². The Labute approximate surface area is 144 Å². The van der Waals surface area contributed by atoms with E-state index in [1.165, 1.54) is 0 Å². The van der Waals surface area contributed by atoms with Crippen molar-refractivity contribution in [2.24, 2.45) is 5.92 Å². The van der Waals surface area contributed by atoms with E-state index in [2.05, 4.69) is 20.8 Å². The Balaban J connectivity index is 1.36. The highest BCUT2D eigenvalue weighted by molar-refractivity contribution is 5.97. The molecule has 1 atom stereocenters. The highest BCUT2D eigenvalue weighted by Crippen LogP contribution is 2.27. The molecule has 0 saturated heterocycles.